The van der Waals surface area contributed by atoms with Crippen LogP contribution in [0.2, 0.25) is 4.34 Å². The normalized spacial score (nSPS) is 24.0. The van der Waals surface area contributed by atoms with Crippen LogP contribution in [0.15, 0.2) is 12.1 Å². The van der Waals surface area contributed by atoms with Crippen molar-refractivity contribution in [2.24, 2.45) is 5.92 Å². The van der Waals surface area contributed by atoms with Crippen molar-refractivity contribution in [3.05, 3.63) is 21.3 Å². The van der Waals surface area contributed by atoms with Crippen molar-refractivity contribution in [1.29, 1.82) is 0 Å². The van der Waals surface area contributed by atoms with Gasteiger partial charge in [-0.1, -0.05) is 25.4 Å². The smallest absolute Gasteiger partial charge is 0.0931 e. The van der Waals surface area contributed by atoms with Gasteiger partial charge in [-0.15, -0.1) is 11.3 Å². The van der Waals surface area contributed by atoms with E-state index in [1.54, 1.807) is 11.3 Å². The number of thiophene rings is 1. The molecule has 4 heteroatoms. The first-order valence-corrected chi connectivity index (χ1v) is 8.28. The second-order valence-corrected chi connectivity index (χ2v) is 8.46. The molecule has 0 amide bonds. The molecule has 0 radical (unpaired) electrons. The first kappa shape index (κ1) is 15.3. The Kier molecular flexibility index (Phi) is 4.93. The van der Waals surface area contributed by atoms with E-state index in [1.165, 1.54) is 11.3 Å². The van der Waals surface area contributed by atoms with Crippen LogP contribution in [0.4, 0.5) is 0 Å². The van der Waals surface area contributed by atoms with E-state index in [0.717, 1.165) is 29.9 Å². The third kappa shape index (κ3) is 4.45. The van der Waals surface area contributed by atoms with E-state index < -0.39 is 0 Å². The van der Waals surface area contributed by atoms with Gasteiger partial charge in [0, 0.05) is 36.1 Å². The molecular weight excluding hydrogens is 276 g/mol. The summed E-state index contributed by atoms with van der Waals surface area (Å²) in [5.41, 5.74) is 0.203. The SMILES string of the molecule is CC(C)CC1CNC(C)(C)CN1Cc1ccc(Cl)s1. The van der Waals surface area contributed by atoms with Crippen LogP contribution >= 0.6 is 22.9 Å². The van der Waals surface area contributed by atoms with Gasteiger partial charge in [0.25, 0.3) is 0 Å². The highest BCUT2D eigenvalue weighted by Gasteiger charge is 2.32. The van der Waals surface area contributed by atoms with E-state index in [0.29, 0.717) is 6.04 Å². The third-order valence-corrected chi connectivity index (χ3v) is 4.88. The largest absolute Gasteiger partial charge is 0.309 e. The van der Waals surface area contributed by atoms with Crippen molar-refractivity contribution in [2.75, 3.05) is 13.1 Å². The Morgan fingerprint density at radius 3 is 2.79 bits per heavy atom. The molecule has 1 saturated heterocycles. The number of rotatable bonds is 4. The molecule has 1 aromatic heterocycles. The topological polar surface area (TPSA) is 15.3 Å². The summed E-state index contributed by atoms with van der Waals surface area (Å²) < 4.78 is 0.893. The van der Waals surface area contributed by atoms with Crippen LogP contribution in [-0.2, 0) is 6.54 Å². The highest BCUT2D eigenvalue weighted by atomic mass is 35.5. The summed E-state index contributed by atoms with van der Waals surface area (Å²) in [7, 11) is 0. The lowest BCUT2D eigenvalue weighted by Crippen LogP contribution is -2.61. The van der Waals surface area contributed by atoms with Gasteiger partial charge in [0.2, 0.25) is 0 Å². The van der Waals surface area contributed by atoms with Crippen LogP contribution in [0.3, 0.4) is 0 Å². The molecule has 0 spiro atoms. The Morgan fingerprint density at radius 1 is 1.47 bits per heavy atom. The molecule has 0 aromatic carbocycles. The van der Waals surface area contributed by atoms with Crippen LogP contribution < -0.4 is 5.32 Å². The Hall–Kier alpha value is -0.0900. The average Bonchev–Trinajstić information content (AvgIpc) is 2.67. The monoisotopic (exact) mass is 300 g/mol. The fourth-order valence-electron chi connectivity index (χ4n) is 2.81. The number of piperazine rings is 1. The van der Waals surface area contributed by atoms with Crippen molar-refractivity contribution >= 4 is 22.9 Å². The lowest BCUT2D eigenvalue weighted by Gasteiger charge is -2.45. The molecule has 1 fully saturated rings. The fraction of sp³-hybridized carbons (Fsp3) is 0.733. The standard InChI is InChI=1S/C15H25ClN2S/c1-11(2)7-12-8-17-15(3,4)10-18(12)9-13-5-6-14(16)19-13/h5-6,11-12,17H,7-10H2,1-4H3. The summed E-state index contributed by atoms with van der Waals surface area (Å²) >= 11 is 7.75. The fourth-order valence-corrected chi connectivity index (χ4v) is 3.93. The highest BCUT2D eigenvalue weighted by molar-refractivity contribution is 7.16. The van der Waals surface area contributed by atoms with Crippen molar-refractivity contribution in [1.82, 2.24) is 10.2 Å². The third-order valence-electron chi connectivity index (χ3n) is 3.66. The second kappa shape index (κ2) is 6.13. The molecular formula is C15H25ClN2S. The molecule has 0 bridgehead atoms. The van der Waals surface area contributed by atoms with E-state index in [4.69, 9.17) is 11.6 Å². The number of nitrogens with one attached hydrogen (secondary N) is 1. The van der Waals surface area contributed by atoms with Crippen molar-refractivity contribution < 1.29 is 0 Å². The zero-order valence-corrected chi connectivity index (χ0v) is 13.9. The Morgan fingerprint density at radius 2 is 2.21 bits per heavy atom. The first-order valence-electron chi connectivity index (χ1n) is 7.09. The lowest BCUT2D eigenvalue weighted by atomic mass is 9.94. The van der Waals surface area contributed by atoms with Gasteiger partial charge in [-0.05, 0) is 38.3 Å². The predicted molar refractivity (Wildman–Crippen MR) is 85.1 cm³/mol. The maximum Gasteiger partial charge on any atom is 0.0931 e. The molecule has 108 valence electrons. The van der Waals surface area contributed by atoms with Gasteiger partial charge in [0.15, 0.2) is 0 Å². The summed E-state index contributed by atoms with van der Waals surface area (Å²) in [5, 5.41) is 3.67. The predicted octanol–water partition coefficient (Wildman–Crippen LogP) is 4.00. The molecule has 1 aromatic rings. The van der Waals surface area contributed by atoms with Gasteiger partial charge in [0.1, 0.15) is 0 Å². The van der Waals surface area contributed by atoms with Gasteiger partial charge in [0.05, 0.1) is 4.34 Å². The van der Waals surface area contributed by atoms with Crippen LogP contribution in [-0.4, -0.2) is 29.6 Å². The first-order chi connectivity index (χ1) is 8.85. The maximum atomic E-state index is 6.04. The minimum absolute atomic E-state index is 0.203. The molecule has 1 aliphatic heterocycles. The van der Waals surface area contributed by atoms with Crippen LogP contribution in [0.1, 0.15) is 39.0 Å². The Bertz CT molecular complexity index is 414. The van der Waals surface area contributed by atoms with E-state index in [9.17, 15) is 0 Å². The summed E-state index contributed by atoms with van der Waals surface area (Å²) in [4.78, 5) is 4.00. The van der Waals surface area contributed by atoms with Crippen molar-refractivity contribution in [2.45, 2.75) is 52.2 Å². The van der Waals surface area contributed by atoms with Crippen LogP contribution in [0.5, 0.6) is 0 Å². The van der Waals surface area contributed by atoms with Gasteiger partial charge in [-0.25, -0.2) is 0 Å². The van der Waals surface area contributed by atoms with Gasteiger partial charge < -0.3 is 5.32 Å². The summed E-state index contributed by atoms with van der Waals surface area (Å²) in [6, 6.07) is 4.80. The van der Waals surface area contributed by atoms with Gasteiger partial charge in [-0.2, -0.15) is 0 Å². The van der Waals surface area contributed by atoms with E-state index in [-0.39, 0.29) is 5.54 Å². The Balaban J connectivity index is 2.06. The van der Waals surface area contributed by atoms with Crippen molar-refractivity contribution in [3.63, 3.8) is 0 Å². The minimum Gasteiger partial charge on any atom is -0.309 e. The molecule has 1 atom stereocenters. The van der Waals surface area contributed by atoms with E-state index in [2.05, 4.69) is 44.0 Å². The number of halogens is 1. The number of hydrogen-bond acceptors (Lipinski definition) is 3. The average molecular weight is 301 g/mol. The minimum atomic E-state index is 0.203. The molecule has 1 aliphatic rings. The lowest BCUT2D eigenvalue weighted by molar-refractivity contribution is 0.0769. The Labute approximate surface area is 126 Å². The zero-order chi connectivity index (χ0) is 14.0. The van der Waals surface area contributed by atoms with Gasteiger partial charge >= 0.3 is 0 Å². The molecule has 2 nitrogen and oxygen atoms in total. The molecule has 1 unspecified atom stereocenters. The molecule has 1 N–H and O–H groups in total. The summed E-state index contributed by atoms with van der Waals surface area (Å²) in [5.74, 6) is 0.738. The maximum absolute atomic E-state index is 6.04. The van der Waals surface area contributed by atoms with E-state index >= 15 is 0 Å². The number of nitrogens with zero attached hydrogens (tertiary/aromatic N) is 1. The quantitative estimate of drug-likeness (QED) is 0.904. The van der Waals surface area contributed by atoms with Crippen LogP contribution in [0, 0.1) is 5.92 Å². The molecule has 0 saturated carbocycles. The second-order valence-electron chi connectivity index (χ2n) is 6.66. The zero-order valence-electron chi connectivity index (χ0n) is 12.4. The summed E-state index contributed by atoms with van der Waals surface area (Å²) in [6.45, 7) is 12.4. The van der Waals surface area contributed by atoms with Crippen molar-refractivity contribution in [3.8, 4) is 0 Å². The highest BCUT2D eigenvalue weighted by Crippen LogP contribution is 2.27. The van der Waals surface area contributed by atoms with Crippen LogP contribution in [0.25, 0.3) is 0 Å². The summed E-state index contributed by atoms with van der Waals surface area (Å²) in [6.07, 6.45) is 1.25. The van der Waals surface area contributed by atoms with E-state index in [1.807, 2.05) is 6.07 Å². The molecule has 2 rings (SSSR count). The molecule has 19 heavy (non-hydrogen) atoms. The van der Waals surface area contributed by atoms with Gasteiger partial charge in [-0.3, -0.25) is 4.90 Å². The molecule has 0 aliphatic carbocycles. The molecule has 2 heterocycles. The number of hydrogen-bond donors (Lipinski definition) is 1.